The van der Waals surface area contributed by atoms with E-state index in [-0.39, 0.29) is 34.7 Å². The smallest absolute Gasteiger partial charge is 0.416 e. The highest BCUT2D eigenvalue weighted by Gasteiger charge is 2.39. The van der Waals surface area contributed by atoms with E-state index in [1.54, 1.807) is 24.3 Å². The van der Waals surface area contributed by atoms with Gasteiger partial charge in [-0.2, -0.15) is 26.3 Å². The lowest BCUT2D eigenvalue weighted by Gasteiger charge is -2.37. The zero-order valence-corrected chi connectivity index (χ0v) is 41.5. The van der Waals surface area contributed by atoms with E-state index in [0.29, 0.717) is 45.8 Å². The molecule has 0 amide bonds. The topological polar surface area (TPSA) is 156 Å². The van der Waals surface area contributed by atoms with E-state index in [1.807, 2.05) is 135 Å². The maximum Gasteiger partial charge on any atom is 0.416 e. The Bertz CT molecular complexity index is 3880. The second kappa shape index (κ2) is 19.8. The van der Waals surface area contributed by atoms with Crippen molar-refractivity contribution in [1.29, 1.82) is 0 Å². The number of rotatable bonds is 12. The molecular formula is C61H38F6N8O4. The molecule has 0 aliphatic heterocycles. The monoisotopic (exact) mass is 1060 g/mol. The molecule has 0 atom stereocenters. The Balaban J connectivity index is 0.987. The third kappa shape index (κ3) is 9.75. The summed E-state index contributed by atoms with van der Waals surface area (Å²) >= 11 is 0. The van der Waals surface area contributed by atoms with Crippen molar-refractivity contribution in [3.05, 3.63) is 239 Å². The minimum Gasteiger partial charge on any atom is -0.416 e. The van der Waals surface area contributed by atoms with Crippen LogP contribution in [0.4, 0.5) is 26.3 Å². The number of hydrogen-bond acceptors (Lipinski definition) is 12. The minimum atomic E-state index is -4.58. The molecule has 0 spiro atoms. The van der Waals surface area contributed by atoms with Gasteiger partial charge in [0.2, 0.25) is 47.1 Å². The highest BCUT2D eigenvalue weighted by molar-refractivity contribution is 5.69. The summed E-state index contributed by atoms with van der Waals surface area (Å²) < 4.78 is 106. The third-order valence-corrected chi connectivity index (χ3v) is 13.4. The standard InChI is InChI=1S/C61H38F6N8O4/c1-35-7-3-9-41(31-35)55-72-68-51(76-55)37-15-23-45(24-16-37)59(46-25-17-38(18-26-46)52-69-73-56(77-52)42-10-4-8-36(2)32-42,47-27-19-39(20-28-47)53-70-74-57(78-53)43-11-5-13-49(33-43)60(62,63)64)48-29-21-40(22-30-48)54-71-75-58(79-54)44-12-6-14-50(34-44)61(65,66)67/h3-34H,1-2H3. The first-order valence-corrected chi connectivity index (χ1v) is 24.4. The summed E-state index contributed by atoms with van der Waals surface area (Å²) in [7, 11) is 0. The molecule has 12 rings (SSSR count). The molecule has 18 heteroatoms. The molecule has 0 saturated carbocycles. The summed E-state index contributed by atoms with van der Waals surface area (Å²) in [6, 6.07) is 55.0. The van der Waals surface area contributed by atoms with Crippen molar-refractivity contribution in [3.8, 4) is 91.6 Å². The van der Waals surface area contributed by atoms with Crippen LogP contribution in [0.25, 0.3) is 91.6 Å². The Morgan fingerprint density at radius 1 is 0.253 bits per heavy atom. The molecule has 12 nitrogen and oxygen atoms in total. The fraction of sp³-hybridized carbons (Fsp3) is 0.0820. The molecule has 0 aliphatic carbocycles. The average molecular weight is 1060 g/mol. The number of aryl methyl sites for hydroxylation is 2. The Kier molecular flexibility index (Phi) is 12.5. The first-order valence-electron chi connectivity index (χ1n) is 24.4. The number of nitrogens with zero attached hydrogens (tertiary/aromatic N) is 8. The largest absolute Gasteiger partial charge is 0.416 e. The van der Waals surface area contributed by atoms with Gasteiger partial charge in [-0.25, -0.2) is 0 Å². The zero-order valence-electron chi connectivity index (χ0n) is 41.5. The Hall–Kier alpha value is -10.1. The SMILES string of the molecule is Cc1cccc(-c2nnc(-c3ccc(C(c4ccc(-c5nnc(-c6cccc(C)c6)o5)cc4)(c4ccc(-c5nnc(-c6cccc(C(F)(F)F)c6)o5)cc4)c4ccc(-c5nnc(-c6cccc(C(F)(F)F)c6)o5)cc4)cc3)o2)c1. The first-order chi connectivity index (χ1) is 38.1. The Labute approximate surface area is 445 Å². The maximum absolute atomic E-state index is 13.7. The molecule has 8 aromatic carbocycles. The van der Waals surface area contributed by atoms with Crippen molar-refractivity contribution in [1.82, 2.24) is 40.8 Å². The van der Waals surface area contributed by atoms with Crippen molar-refractivity contribution < 1.29 is 44.0 Å². The fourth-order valence-electron chi connectivity index (χ4n) is 9.49. The number of hydrogen-bond donors (Lipinski definition) is 0. The summed E-state index contributed by atoms with van der Waals surface area (Å²) in [5, 5.41) is 34.1. The molecular weight excluding hydrogens is 1020 g/mol. The normalized spacial score (nSPS) is 12.1. The van der Waals surface area contributed by atoms with Gasteiger partial charge in [-0.3, -0.25) is 0 Å². The van der Waals surface area contributed by atoms with Crippen molar-refractivity contribution in [2.24, 2.45) is 0 Å². The van der Waals surface area contributed by atoms with E-state index < -0.39 is 28.9 Å². The van der Waals surface area contributed by atoms with Gasteiger partial charge in [0.15, 0.2) is 0 Å². The number of aromatic nitrogens is 8. The summed E-state index contributed by atoms with van der Waals surface area (Å²) in [5.41, 5.74) is 6.23. The van der Waals surface area contributed by atoms with Gasteiger partial charge in [0.25, 0.3) is 0 Å². The summed E-state index contributed by atoms with van der Waals surface area (Å²) in [4.78, 5) is 0. The molecule has 0 N–H and O–H groups in total. The van der Waals surface area contributed by atoms with Crippen LogP contribution in [-0.4, -0.2) is 40.8 Å². The van der Waals surface area contributed by atoms with Gasteiger partial charge in [-0.1, -0.05) is 96.1 Å². The van der Waals surface area contributed by atoms with Gasteiger partial charge in [0, 0.05) is 44.5 Å². The van der Waals surface area contributed by atoms with Crippen LogP contribution in [-0.2, 0) is 17.8 Å². The molecule has 0 unspecified atom stereocenters. The van der Waals surface area contributed by atoms with Crippen LogP contribution in [0, 0.1) is 13.8 Å². The van der Waals surface area contributed by atoms with Gasteiger partial charge in [0.05, 0.1) is 16.5 Å². The van der Waals surface area contributed by atoms with E-state index in [4.69, 9.17) is 17.7 Å². The predicted octanol–water partition coefficient (Wildman–Crippen LogP) is 15.6. The van der Waals surface area contributed by atoms with Crippen molar-refractivity contribution >= 4 is 0 Å². The molecule has 4 heterocycles. The van der Waals surface area contributed by atoms with Crippen LogP contribution in [0.5, 0.6) is 0 Å². The number of halogens is 6. The van der Waals surface area contributed by atoms with Crippen LogP contribution in [0.3, 0.4) is 0 Å². The lowest BCUT2D eigenvalue weighted by Crippen LogP contribution is -2.31. The van der Waals surface area contributed by atoms with E-state index in [9.17, 15) is 26.3 Å². The Morgan fingerprint density at radius 2 is 0.481 bits per heavy atom. The Morgan fingerprint density at radius 3 is 0.722 bits per heavy atom. The summed E-state index contributed by atoms with van der Waals surface area (Å²) in [6.07, 6.45) is -9.16. The van der Waals surface area contributed by atoms with E-state index >= 15 is 0 Å². The van der Waals surface area contributed by atoms with Gasteiger partial charge < -0.3 is 17.7 Å². The maximum atomic E-state index is 13.7. The zero-order chi connectivity index (χ0) is 54.5. The fourth-order valence-corrected chi connectivity index (χ4v) is 9.49. The molecule has 0 bridgehead atoms. The van der Waals surface area contributed by atoms with Crippen LogP contribution in [0.1, 0.15) is 44.5 Å². The highest BCUT2D eigenvalue weighted by atomic mass is 19.4. The van der Waals surface area contributed by atoms with Crippen LogP contribution in [0.15, 0.2) is 212 Å². The molecule has 388 valence electrons. The first kappa shape index (κ1) is 49.8. The molecule has 0 saturated heterocycles. The lowest BCUT2D eigenvalue weighted by atomic mass is 9.65. The summed E-state index contributed by atoms with van der Waals surface area (Å²) in [5.74, 6) is 1.26. The second-order valence-electron chi connectivity index (χ2n) is 18.6. The van der Waals surface area contributed by atoms with E-state index in [0.717, 1.165) is 68.8 Å². The van der Waals surface area contributed by atoms with E-state index in [1.165, 1.54) is 24.3 Å². The van der Waals surface area contributed by atoms with Crippen LogP contribution < -0.4 is 0 Å². The lowest BCUT2D eigenvalue weighted by molar-refractivity contribution is -0.138. The molecule has 12 aromatic rings. The molecule has 0 aliphatic rings. The summed E-state index contributed by atoms with van der Waals surface area (Å²) in [6.45, 7) is 3.95. The van der Waals surface area contributed by atoms with Gasteiger partial charge in [-0.05, 0) is 145 Å². The van der Waals surface area contributed by atoms with Gasteiger partial charge >= 0.3 is 12.4 Å². The molecule has 0 fully saturated rings. The highest BCUT2D eigenvalue weighted by Crippen LogP contribution is 2.47. The average Bonchev–Trinajstić information content (AvgIpc) is 4.48. The minimum absolute atomic E-state index is 0.0702. The van der Waals surface area contributed by atoms with Crippen LogP contribution >= 0.6 is 0 Å². The van der Waals surface area contributed by atoms with Crippen molar-refractivity contribution in [2.75, 3.05) is 0 Å². The molecule has 4 aromatic heterocycles. The van der Waals surface area contributed by atoms with E-state index in [2.05, 4.69) is 40.8 Å². The number of benzene rings is 8. The number of alkyl halides is 6. The third-order valence-electron chi connectivity index (χ3n) is 13.4. The van der Waals surface area contributed by atoms with Gasteiger partial charge in [-0.15, -0.1) is 40.8 Å². The van der Waals surface area contributed by atoms with Crippen LogP contribution in [0.2, 0.25) is 0 Å². The molecule has 79 heavy (non-hydrogen) atoms. The van der Waals surface area contributed by atoms with Crippen molar-refractivity contribution in [2.45, 2.75) is 31.6 Å². The predicted molar refractivity (Wildman–Crippen MR) is 279 cm³/mol. The molecule has 0 radical (unpaired) electrons. The quantitative estimate of drug-likeness (QED) is 0.0844. The van der Waals surface area contributed by atoms with Gasteiger partial charge in [0.1, 0.15) is 0 Å². The second-order valence-corrected chi connectivity index (χ2v) is 18.6. The van der Waals surface area contributed by atoms with Crippen molar-refractivity contribution in [3.63, 3.8) is 0 Å².